The molecular formula is C15H23FN2O2S. The van der Waals surface area contributed by atoms with Crippen molar-refractivity contribution >= 4 is 9.84 Å². The summed E-state index contributed by atoms with van der Waals surface area (Å²) in [6.45, 7) is 6.43. The molecule has 1 saturated heterocycles. The smallest absolute Gasteiger partial charge is 0.153 e. The van der Waals surface area contributed by atoms with Crippen LogP contribution in [0, 0.1) is 5.82 Å². The van der Waals surface area contributed by atoms with Crippen LogP contribution < -0.4 is 5.32 Å². The van der Waals surface area contributed by atoms with Gasteiger partial charge in [-0.05, 0) is 25.1 Å². The van der Waals surface area contributed by atoms with Gasteiger partial charge in [-0.25, -0.2) is 12.8 Å². The molecule has 1 aromatic rings. The van der Waals surface area contributed by atoms with Gasteiger partial charge in [-0.1, -0.05) is 19.1 Å². The van der Waals surface area contributed by atoms with Crippen molar-refractivity contribution in [3.05, 3.63) is 35.1 Å². The maximum Gasteiger partial charge on any atom is 0.153 e. The molecular weight excluding hydrogens is 291 g/mol. The molecule has 0 aliphatic carbocycles. The summed E-state index contributed by atoms with van der Waals surface area (Å²) in [5, 5.41) is 3.22. The summed E-state index contributed by atoms with van der Waals surface area (Å²) in [7, 11) is -2.93. The van der Waals surface area contributed by atoms with Gasteiger partial charge in [-0.2, -0.15) is 0 Å². The van der Waals surface area contributed by atoms with Gasteiger partial charge in [0.1, 0.15) is 5.82 Å². The van der Waals surface area contributed by atoms with Crippen molar-refractivity contribution in [1.29, 1.82) is 0 Å². The van der Waals surface area contributed by atoms with Gasteiger partial charge in [0.25, 0.3) is 0 Å². The number of nitrogens with one attached hydrogen (secondary N) is 1. The summed E-state index contributed by atoms with van der Waals surface area (Å²) in [5.74, 6) is 0.0951. The number of halogens is 1. The van der Waals surface area contributed by atoms with Crippen LogP contribution in [0.5, 0.6) is 0 Å². The first kappa shape index (κ1) is 16.4. The Morgan fingerprint density at radius 2 is 2.19 bits per heavy atom. The van der Waals surface area contributed by atoms with Gasteiger partial charge in [0.05, 0.1) is 11.5 Å². The molecule has 0 saturated carbocycles. The quantitative estimate of drug-likeness (QED) is 0.896. The number of hydrogen-bond acceptors (Lipinski definition) is 4. The van der Waals surface area contributed by atoms with Crippen molar-refractivity contribution in [1.82, 2.24) is 10.2 Å². The van der Waals surface area contributed by atoms with Crippen molar-refractivity contribution < 1.29 is 12.8 Å². The standard InChI is InChI=1S/C15H23FN2O2S/c1-3-17-9-13-4-5-15(16)14(8-13)10-18-6-7-21(19,20)11-12(18)2/h4-5,8,12,17H,3,6-7,9-11H2,1-2H3. The van der Waals surface area contributed by atoms with Gasteiger partial charge in [0.15, 0.2) is 9.84 Å². The fourth-order valence-electron chi connectivity index (χ4n) is 2.62. The van der Waals surface area contributed by atoms with Crippen LogP contribution in [0.1, 0.15) is 25.0 Å². The van der Waals surface area contributed by atoms with Crippen LogP contribution in [-0.4, -0.2) is 44.0 Å². The second kappa shape index (κ2) is 6.85. The van der Waals surface area contributed by atoms with E-state index in [0.29, 0.717) is 25.2 Å². The second-order valence-corrected chi connectivity index (χ2v) is 7.87. The zero-order valence-corrected chi connectivity index (χ0v) is 13.4. The zero-order valence-electron chi connectivity index (χ0n) is 12.6. The third-order valence-electron chi connectivity index (χ3n) is 3.87. The first-order chi connectivity index (χ1) is 9.91. The van der Waals surface area contributed by atoms with Gasteiger partial charge in [0.2, 0.25) is 0 Å². The first-order valence-corrected chi connectivity index (χ1v) is 9.16. The van der Waals surface area contributed by atoms with Gasteiger partial charge >= 0.3 is 0 Å². The van der Waals surface area contributed by atoms with Crippen LogP contribution in [0.4, 0.5) is 4.39 Å². The highest BCUT2D eigenvalue weighted by molar-refractivity contribution is 7.91. The molecule has 1 fully saturated rings. The molecule has 118 valence electrons. The zero-order chi connectivity index (χ0) is 15.5. The van der Waals surface area contributed by atoms with Crippen LogP contribution >= 0.6 is 0 Å². The molecule has 0 amide bonds. The highest BCUT2D eigenvalue weighted by Crippen LogP contribution is 2.18. The SMILES string of the molecule is CCNCc1ccc(F)c(CN2CCS(=O)(=O)CC2C)c1. The van der Waals surface area contributed by atoms with Gasteiger partial charge < -0.3 is 5.32 Å². The predicted octanol–water partition coefficient (Wildman–Crippen LogP) is 1.55. The van der Waals surface area contributed by atoms with Crippen molar-refractivity contribution in [2.45, 2.75) is 33.0 Å². The molecule has 4 nitrogen and oxygen atoms in total. The van der Waals surface area contributed by atoms with Crippen molar-refractivity contribution in [3.63, 3.8) is 0 Å². The van der Waals surface area contributed by atoms with Crippen LogP contribution in [0.2, 0.25) is 0 Å². The molecule has 6 heteroatoms. The molecule has 0 bridgehead atoms. The molecule has 1 N–H and O–H groups in total. The first-order valence-electron chi connectivity index (χ1n) is 7.34. The third kappa shape index (κ3) is 4.49. The second-order valence-electron chi connectivity index (χ2n) is 5.64. The average Bonchev–Trinajstić information content (AvgIpc) is 2.42. The summed E-state index contributed by atoms with van der Waals surface area (Å²) in [4.78, 5) is 2.04. The minimum absolute atomic E-state index is 0.0689. The number of rotatable bonds is 5. The Morgan fingerprint density at radius 1 is 1.43 bits per heavy atom. The Hall–Kier alpha value is -0.980. The van der Waals surface area contributed by atoms with E-state index >= 15 is 0 Å². The molecule has 0 aromatic heterocycles. The van der Waals surface area contributed by atoms with Crippen LogP contribution in [0.3, 0.4) is 0 Å². The van der Waals surface area contributed by atoms with Gasteiger partial charge in [0, 0.05) is 31.2 Å². The van der Waals surface area contributed by atoms with E-state index in [0.717, 1.165) is 12.1 Å². The average molecular weight is 314 g/mol. The van der Waals surface area contributed by atoms with E-state index in [1.54, 1.807) is 6.07 Å². The molecule has 21 heavy (non-hydrogen) atoms. The Labute approximate surface area is 126 Å². The Bertz CT molecular complexity index is 589. The lowest BCUT2D eigenvalue weighted by Gasteiger charge is -2.33. The lowest BCUT2D eigenvalue weighted by atomic mass is 10.1. The van der Waals surface area contributed by atoms with Gasteiger partial charge in [-0.15, -0.1) is 0 Å². The van der Waals surface area contributed by atoms with Crippen LogP contribution in [0.25, 0.3) is 0 Å². The van der Waals surface area contributed by atoms with Crippen molar-refractivity contribution in [3.8, 4) is 0 Å². The van der Waals surface area contributed by atoms with Crippen molar-refractivity contribution in [2.24, 2.45) is 0 Å². The molecule has 2 rings (SSSR count). The molecule has 0 spiro atoms. The highest BCUT2D eigenvalue weighted by atomic mass is 32.2. The van der Waals surface area contributed by atoms with E-state index < -0.39 is 9.84 Å². The maximum absolute atomic E-state index is 14.0. The van der Waals surface area contributed by atoms with E-state index in [9.17, 15) is 12.8 Å². The summed E-state index contributed by atoms with van der Waals surface area (Å²) >= 11 is 0. The van der Waals surface area contributed by atoms with Crippen LogP contribution in [0.15, 0.2) is 18.2 Å². The summed E-state index contributed by atoms with van der Waals surface area (Å²) in [6, 6.07) is 5.08. The summed E-state index contributed by atoms with van der Waals surface area (Å²) in [5.41, 5.74) is 1.68. The topological polar surface area (TPSA) is 49.4 Å². The van der Waals surface area contributed by atoms with Crippen LogP contribution in [-0.2, 0) is 22.9 Å². The minimum Gasteiger partial charge on any atom is -0.313 e. The highest BCUT2D eigenvalue weighted by Gasteiger charge is 2.28. The monoisotopic (exact) mass is 314 g/mol. The third-order valence-corrected chi connectivity index (χ3v) is 5.67. The van der Waals surface area contributed by atoms with Gasteiger partial charge in [-0.3, -0.25) is 4.90 Å². The fraction of sp³-hybridized carbons (Fsp3) is 0.600. The Balaban J connectivity index is 2.08. The Morgan fingerprint density at radius 3 is 2.86 bits per heavy atom. The van der Waals surface area contributed by atoms with Crippen molar-refractivity contribution in [2.75, 3.05) is 24.6 Å². The molecule has 1 atom stereocenters. The van der Waals surface area contributed by atoms with E-state index in [1.165, 1.54) is 6.07 Å². The molecule has 1 heterocycles. The number of sulfone groups is 1. The van der Waals surface area contributed by atoms with E-state index in [1.807, 2.05) is 24.8 Å². The predicted molar refractivity (Wildman–Crippen MR) is 82.3 cm³/mol. The molecule has 1 unspecified atom stereocenters. The largest absolute Gasteiger partial charge is 0.313 e. The minimum atomic E-state index is -2.93. The lowest BCUT2D eigenvalue weighted by molar-refractivity contribution is 0.215. The summed E-state index contributed by atoms with van der Waals surface area (Å²) < 4.78 is 37.1. The molecule has 0 radical (unpaired) electrons. The van der Waals surface area contributed by atoms with E-state index in [2.05, 4.69) is 5.32 Å². The van der Waals surface area contributed by atoms with E-state index in [4.69, 9.17) is 0 Å². The number of nitrogens with zero attached hydrogens (tertiary/aromatic N) is 1. The normalized spacial score (nSPS) is 22.3. The van der Waals surface area contributed by atoms with E-state index in [-0.39, 0.29) is 23.4 Å². The Kier molecular flexibility index (Phi) is 5.35. The number of hydrogen-bond donors (Lipinski definition) is 1. The lowest BCUT2D eigenvalue weighted by Crippen LogP contribution is -2.46. The molecule has 1 aromatic carbocycles. The molecule has 1 aliphatic rings. The fourth-order valence-corrected chi connectivity index (χ4v) is 4.24. The summed E-state index contributed by atoms with van der Waals surface area (Å²) in [6.07, 6.45) is 0. The number of benzene rings is 1. The maximum atomic E-state index is 14.0. The molecule has 1 aliphatic heterocycles.